The molecular weight excluding hydrogens is 222 g/mol. The normalized spacial score (nSPS) is 23.1. The van der Waals surface area contributed by atoms with Crippen molar-refractivity contribution in [3.05, 3.63) is 23.8 Å². The van der Waals surface area contributed by atoms with Crippen LogP contribution >= 0.6 is 0 Å². The van der Waals surface area contributed by atoms with Crippen LogP contribution in [-0.4, -0.2) is 12.6 Å². The van der Waals surface area contributed by atoms with Crippen LogP contribution in [0, 0.1) is 12.8 Å². The van der Waals surface area contributed by atoms with Gasteiger partial charge in [0, 0.05) is 11.7 Å². The van der Waals surface area contributed by atoms with E-state index < -0.39 is 0 Å². The summed E-state index contributed by atoms with van der Waals surface area (Å²) in [6.45, 7) is 7.20. The maximum Gasteiger partial charge on any atom is 0.119 e. The molecule has 0 bridgehead atoms. The first kappa shape index (κ1) is 13.3. The third-order valence-corrected chi connectivity index (χ3v) is 3.99. The van der Waals surface area contributed by atoms with Crippen molar-refractivity contribution in [1.82, 2.24) is 0 Å². The Labute approximate surface area is 111 Å². The molecule has 1 fully saturated rings. The Kier molecular flexibility index (Phi) is 4.51. The molecule has 1 aliphatic carbocycles. The maximum atomic E-state index is 5.52. The van der Waals surface area contributed by atoms with Crippen LogP contribution in [0.3, 0.4) is 0 Å². The highest BCUT2D eigenvalue weighted by atomic mass is 16.5. The fourth-order valence-electron chi connectivity index (χ4n) is 2.85. The number of hydrogen-bond donors (Lipinski definition) is 1. The zero-order valence-electron chi connectivity index (χ0n) is 11.8. The summed E-state index contributed by atoms with van der Waals surface area (Å²) in [7, 11) is 0. The van der Waals surface area contributed by atoms with Crippen LogP contribution in [-0.2, 0) is 0 Å². The first-order chi connectivity index (χ1) is 8.72. The summed E-state index contributed by atoms with van der Waals surface area (Å²) in [5.74, 6) is 1.89. The molecule has 2 unspecified atom stereocenters. The van der Waals surface area contributed by atoms with Crippen LogP contribution in [0.2, 0.25) is 0 Å². The molecule has 2 heteroatoms. The van der Waals surface area contributed by atoms with Crippen molar-refractivity contribution in [2.45, 2.75) is 52.5 Å². The Morgan fingerprint density at radius 2 is 2.11 bits per heavy atom. The third-order valence-electron chi connectivity index (χ3n) is 3.99. The minimum atomic E-state index is 0.659. The van der Waals surface area contributed by atoms with E-state index in [4.69, 9.17) is 4.74 Å². The van der Waals surface area contributed by atoms with Crippen LogP contribution in [0.15, 0.2) is 18.2 Å². The molecule has 1 aromatic rings. The average Bonchev–Trinajstić information content (AvgIpc) is 2.81. The highest BCUT2D eigenvalue weighted by Crippen LogP contribution is 2.31. The van der Waals surface area contributed by atoms with Crippen molar-refractivity contribution in [2.24, 2.45) is 5.92 Å². The number of nitrogens with one attached hydrogen (secondary N) is 1. The molecule has 1 aromatic carbocycles. The van der Waals surface area contributed by atoms with E-state index in [0.29, 0.717) is 6.04 Å². The van der Waals surface area contributed by atoms with E-state index in [1.54, 1.807) is 0 Å². The summed E-state index contributed by atoms with van der Waals surface area (Å²) in [6, 6.07) is 6.99. The van der Waals surface area contributed by atoms with Gasteiger partial charge in [0.1, 0.15) is 5.75 Å². The standard InChI is InChI=1S/C16H25NO/c1-4-13-6-7-14(11-13)17-16-9-8-15(18-5-2)10-12(16)3/h8-10,13-14,17H,4-7,11H2,1-3H3. The first-order valence-electron chi connectivity index (χ1n) is 7.22. The Bertz CT molecular complexity index is 389. The molecule has 0 saturated heterocycles. The lowest BCUT2D eigenvalue weighted by atomic mass is 10.1. The minimum absolute atomic E-state index is 0.659. The highest BCUT2D eigenvalue weighted by Gasteiger charge is 2.23. The molecule has 2 atom stereocenters. The van der Waals surface area contributed by atoms with Crippen molar-refractivity contribution in [3.8, 4) is 5.75 Å². The van der Waals surface area contributed by atoms with Crippen LogP contribution in [0.5, 0.6) is 5.75 Å². The summed E-state index contributed by atoms with van der Waals surface area (Å²) in [5, 5.41) is 3.69. The van der Waals surface area contributed by atoms with Gasteiger partial charge in [0.15, 0.2) is 0 Å². The van der Waals surface area contributed by atoms with Crippen molar-refractivity contribution in [1.29, 1.82) is 0 Å². The number of ether oxygens (including phenoxy) is 1. The second-order valence-corrected chi connectivity index (χ2v) is 5.34. The van der Waals surface area contributed by atoms with E-state index in [0.717, 1.165) is 18.3 Å². The maximum absolute atomic E-state index is 5.52. The van der Waals surface area contributed by atoms with E-state index in [2.05, 4.69) is 37.4 Å². The van der Waals surface area contributed by atoms with E-state index >= 15 is 0 Å². The predicted octanol–water partition coefficient (Wildman–Crippen LogP) is 4.38. The molecule has 0 radical (unpaired) electrons. The molecule has 1 N–H and O–H groups in total. The molecule has 18 heavy (non-hydrogen) atoms. The number of hydrogen-bond acceptors (Lipinski definition) is 2. The average molecular weight is 247 g/mol. The van der Waals surface area contributed by atoms with Crippen molar-refractivity contribution < 1.29 is 4.74 Å². The highest BCUT2D eigenvalue weighted by molar-refractivity contribution is 5.54. The molecule has 2 rings (SSSR count). The molecule has 0 spiro atoms. The number of rotatable bonds is 5. The van der Waals surface area contributed by atoms with Crippen LogP contribution in [0.4, 0.5) is 5.69 Å². The SMILES string of the molecule is CCOc1ccc(NC2CCC(CC)C2)c(C)c1. The molecule has 1 aliphatic rings. The quantitative estimate of drug-likeness (QED) is 0.833. The van der Waals surface area contributed by atoms with Gasteiger partial charge in [0.05, 0.1) is 6.61 Å². The summed E-state index contributed by atoms with van der Waals surface area (Å²) in [5.41, 5.74) is 2.54. The van der Waals surface area contributed by atoms with Gasteiger partial charge in [-0.05, 0) is 62.8 Å². The van der Waals surface area contributed by atoms with Gasteiger partial charge in [-0.1, -0.05) is 13.3 Å². The van der Waals surface area contributed by atoms with Gasteiger partial charge in [-0.3, -0.25) is 0 Å². The lowest BCUT2D eigenvalue weighted by molar-refractivity contribution is 0.340. The number of anilines is 1. The molecule has 0 heterocycles. The van der Waals surface area contributed by atoms with Crippen LogP contribution in [0.25, 0.3) is 0 Å². The summed E-state index contributed by atoms with van der Waals surface area (Å²) in [6.07, 6.45) is 5.33. The molecule has 0 aliphatic heterocycles. The predicted molar refractivity (Wildman–Crippen MR) is 77.4 cm³/mol. The van der Waals surface area contributed by atoms with Crippen molar-refractivity contribution in [3.63, 3.8) is 0 Å². The van der Waals surface area contributed by atoms with Gasteiger partial charge < -0.3 is 10.1 Å². The van der Waals surface area contributed by atoms with Crippen molar-refractivity contribution in [2.75, 3.05) is 11.9 Å². The van der Waals surface area contributed by atoms with E-state index in [1.165, 1.54) is 36.9 Å². The lowest BCUT2D eigenvalue weighted by Crippen LogP contribution is -2.16. The topological polar surface area (TPSA) is 21.3 Å². The molecule has 2 nitrogen and oxygen atoms in total. The van der Waals surface area contributed by atoms with E-state index in [-0.39, 0.29) is 0 Å². The second-order valence-electron chi connectivity index (χ2n) is 5.34. The van der Waals surface area contributed by atoms with Crippen molar-refractivity contribution >= 4 is 5.69 Å². The fourth-order valence-corrected chi connectivity index (χ4v) is 2.85. The molecular formula is C16H25NO. The van der Waals surface area contributed by atoms with Gasteiger partial charge in [-0.25, -0.2) is 0 Å². The van der Waals surface area contributed by atoms with Gasteiger partial charge in [-0.2, -0.15) is 0 Å². The number of benzene rings is 1. The monoisotopic (exact) mass is 247 g/mol. The Morgan fingerprint density at radius 1 is 1.28 bits per heavy atom. The van der Waals surface area contributed by atoms with Gasteiger partial charge >= 0.3 is 0 Å². The smallest absolute Gasteiger partial charge is 0.119 e. The first-order valence-corrected chi connectivity index (χ1v) is 7.22. The Hall–Kier alpha value is -1.18. The summed E-state index contributed by atoms with van der Waals surface area (Å²) in [4.78, 5) is 0. The third kappa shape index (κ3) is 3.18. The number of aryl methyl sites for hydroxylation is 1. The Morgan fingerprint density at radius 3 is 2.72 bits per heavy atom. The lowest BCUT2D eigenvalue weighted by Gasteiger charge is -2.17. The van der Waals surface area contributed by atoms with Gasteiger partial charge in [0.25, 0.3) is 0 Å². The second kappa shape index (κ2) is 6.12. The van der Waals surface area contributed by atoms with Crippen LogP contribution < -0.4 is 10.1 Å². The molecule has 100 valence electrons. The molecule has 0 aromatic heterocycles. The van der Waals surface area contributed by atoms with E-state index in [1.807, 2.05) is 6.92 Å². The zero-order valence-corrected chi connectivity index (χ0v) is 11.8. The van der Waals surface area contributed by atoms with E-state index in [9.17, 15) is 0 Å². The largest absolute Gasteiger partial charge is 0.494 e. The Balaban J connectivity index is 1.97. The summed E-state index contributed by atoms with van der Waals surface area (Å²) < 4.78 is 5.52. The fraction of sp³-hybridized carbons (Fsp3) is 0.625. The van der Waals surface area contributed by atoms with Gasteiger partial charge in [0.2, 0.25) is 0 Å². The molecule has 1 saturated carbocycles. The molecule has 0 amide bonds. The summed E-state index contributed by atoms with van der Waals surface area (Å²) >= 11 is 0. The van der Waals surface area contributed by atoms with Crippen LogP contribution in [0.1, 0.15) is 45.1 Å². The van der Waals surface area contributed by atoms with Gasteiger partial charge in [-0.15, -0.1) is 0 Å². The zero-order chi connectivity index (χ0) is 13.0. The minimum Gasteiger partial charge on any atom is -0.494 e.